The van der Waals surface area contributed by atoms with E-state index in [2.05, 4.69) is 63.7 Å². The minimum absolute atomic E-state index is 0.0590. The van der Waals surface area contributed by atoms with E-state index in [1.165, 1.54) is 12.1 Å². The van der Waals surface area contributed by atoms with Crippen LogP contribution in [-0.2, 0) is 12.0 Å². The summed E-state index contributed by atoms with van der Waals surface area (Å²) >= 11 is 13.4. The van der Waals surface area contributed by atoms with Crippen LogP contribution in [-0.4, -0.2) is 39.8 Å². The maximum atomic E-state index is 15.1. The van der Waals surface area contributed by atoms with Crippen molar-refractivity contribution in [3.8, 4) is 11.4 Å². The van der Waals surface area contributed by atoms with Gasteiger partial charge in [-0.25, -0.2) is 8.78 Å². The van der Waals surface area contributed by atoms with Crippen molar-refractivity contribution in [2.24, 2.45) is 5.41 Å². The van der Waals surface area contributed by atoms with E-state index in [0.29, 0.717) is 23.7 Å². The lowest BCUT2D eigenvalue weighted by molar-refractivity contribution is 0.256. The Morgan fingerprint density at radius 1 is 1.05 bits per heavy atom. The smallest absolute Gasteiger partial charge is 0.210 e. The number of nitrogens with one attached hydrogen (secondary N) is 2. The fraction of sp³-hybridized carbons (Fsp3) is 0.367. The number of benzene rings is 3. The van der Waals surface area contributed by atoms with E-state index in [9.17, 15) is 0 Å². The number of aromatic amines is 1. The number of anilines is 1. The fourth-order valence-corrected chi connectivity index (χ4v) is 7.12. The molecule has 1 aromatic heterocycles. The molecule has 1 fully saturated rings. The molecule has 0 unspecified atom stereocenters. The molecule has 6 rings (SSSR count). The van der Waals surface area contributed by atoms with Crippen LogP contribution >= 0.6 is 23.2 Å². The minimum atomic E-state index is -0.733. The van der Waals surface area contributed by atoms with Crippen molar-refractivity contribution < 1.29 is 8.78 Å². The van der Waals surface area contributed by atoms with Gasteiger partial charge >= 0.3 is 0 Å². The van der Waals surface area contributed by atoms with Gasteiger partial charge in [0.1, 0.15) is 11.6 Å². The van der Waals surface area contributed by atoms with Gasteiger partial charge < -0.3 is 10.2 Å². The number of H-pyrrole nitrogens is 1. The molecule has 0 bridgehead atoms. The molecular formula is C30H30Cl2F2N6. The molecule has 4 aromatic rings. The molecule has 10 heteroatoms. The first-order valence-electron chi connectivity index (χ1n) is 13.3. The third-order valence-corrected chi connectivity index (χ3v) is 8.79. The van der Waals surface area contributed by atoms with Crippen molar-refractivity contribution >= 4 is 28.9 Å². The molecule has 2 N–H and O–H groups in total. The Kier molecular flexibility index (Phi) is 6.84. The molecule has 3 aromatic carbocycles. The van der Waals surface area contributed by atoms with E-state index in [0.717, 1.165) is 34.8 Å². The number of rotatable bonds is 5. The van der Waals surface area contributed by atoms with E-state index in [-0.39, 0.29) is 34.2 Å². The number of halogens is 4. The molecule has 3 heterocycles. The topological polar surface area (TPSA) is 69.7 Å². The average molecular weight is 584 g/mol. The highest BCUT2D eigenvalue weighted by Gasteiger charge is 2.57. The largest absolute Gasteiger partial charge is 0.366 e. The predicted octanol–water partition coefficient (Wildman–Crippen LogP) is 6.90. The first-order chi connectivity index (χ1) is 19.1. The maximum Gasteiger partial charge on any atom is 0.210 e. The third kappa shape index (κ3) is 4.66. The average Bonchev–Trinajstić information content (AvgIpc) is 3.59. The van der Waals surface area contributed by atoms with Gasteiger partial charge in [0, 0.05) is 52.7 Å². The highest BCUT2D eigenvalue weighted by atomic mass is 35.5. The summed E-state index contributed by atoms with van der Waals surface area (Å²) in [5, 5.41) is 18.4. The monoisotopic (exact) mass is 582 g/mol. The van der Waals surface area contributed by atoms with Gasteiger partial charge in [-0.2, -0.15) is 5.21 Å². The Labute approximate surface area is 242 Å². The number of hydrogen-bond donors (Lipinski definition) is 2. The van der Waals surface area contributed by atoms with Crippen molar-refractivity contribution in [2.45, 2.75) is 51.1 Å². The standard InChI is InChI=1S/C30H30Cl2F2N6/c1-29(2,3)13-26-30(21(14-35-26)19-6-4-5-7-22(19)32)16-40(25-9-8-18(31)12-20(25)30)15-17-10-23(33)27(24(34)11-17)28-36-38-39-37-28/h4-12,21,26,35H,13-16H2,1-3H3,(H,36,37,38,39)/t21-,26+,30-/m1/s1. The summed E-state index contributed by atoms with van der Waals surface area (Å²) < 4.78 is 30.3. The molecule has 0 radical (unpaired) electrons. The summed E-state index contributed by atoms with van der Waals surface area (Å²) in [7, 11) is 0. The molecule has 1 spiro atoms. The van der Waals surface area contributed by atoms with Crippen LogP contribution in [0.15, 0.2) is 54.6 Å². The normalized spacial score (nSPS) is 22.3. The van der Waals surface area contributed by atoms with E-state index in [1.807, 2.05) is 30.3 Å². The van der Waals surface area contributed by atoms with Crippen LogP contribution in [0, 0.1) is 17.0 Å². The van der Waals surface area contributed by atoms with Crippen molar-refractivity contribution in [1.29, 1.82) is 0 Å². The lowest BCUT2D eigenvalue weighted by atomic mass is 9.64. The maximum absolute atomic E-state index is 15.1. The van der Waals surface area contributed by atoms with E-state index in [4.69, 9.17) is 23.2 Å². The van der Waals surface area contributed by atoms with E-state index in [1.54, 1.807) is 0 Å². The molecule has 0 aliphatic carbocycles. The second-order valence-electron chi connectivity index (χ2n) is 12.0. The molecule has 40 heavy (non-hydrogen) atoms. The van der Waals surface area contributed by atoms with Crippen molar-refractivity contribution in [2.75, 3.05) is 18.0 Å². The Bertz CT molecular complexity index is 1530. The van der Waals surface area contributed by atoms with Gasteiger partial charge in [0.25, 0.3) is 0 Å². The first kappa shape index (κ1) is 27.1. The van der Waals surface area contributed by atoms with Gasteiger partial charge in [-0.05, 0) is 70.1 Å². The van der Waals surface area contributed by atoms with Crippen molar-refractivity contribution in [1.82, 2.24) is 25.9 Å². The summed E-state index contributed by atoms with van der Waals surface area (Å²) in [5.41, 5.74) is 3.13. The van der Waals surface area contributed by atoms with Crippen LogP contribution in [0.5, 0.6) is 0 Å². The quantitative estimate of drug-likeness (QED) is 0.268. The van der Waals surface area contributed by atoms with Crippen molar-refractivity contribution in [3.05, 3.63) is 93.0 Å². The van der Waals surface area contributed by atoms with Gasteiger partial charge in [0.05, 0.1) is 5.56 Å². The Morgan fingerprint density at radius 3 is 2.48 bits per heavy atom. The summed E-state index contributed by atoms with van der Waals surface area (Å²) in [6.07, 6.45) is 0.927. The third-order valence-electron chi connectivity index (χ3n) is 8.21. The molecule has 208 valence electrons. The zero-order valence-corrected chi connectivity index (χ0v) is 24.0. The Balaban J connectivity index is 1.45. The molecule has 1 saturated heterocycles. The first-order valence-corrected chi connectivity index (χ1v) is 14.1. The summed E-state index contributed by atoms with van der Waals surface area (Å²) in [5.74, 6) is -1.51. The Morgan fingerprint density at radius 2 is 1.80 bits per heavy atom. The van der Waals surface area contributed by atoms with Crippen LogP contribution in [0.25, 0.3) is 11.4 Å². The van der Waals surface area contributed by atoms with E-state index >= 15 is 8.78 Å². The summed E-state index contributed by atoms with van der Waals surface area (Å²) in [6, 6.07) is 16.8. The molecular weight excluding hydrogens is 553 g/mol. The zero-order chi connectivity index (χ0) is 28.2. The summed E-state index contributed by atoms with van der Waals surface area (Å²) in [4.78, 5) is 2.21. The van der Waals surface area contributed by atoms with E-state index < -0.39 is 11.6 Å². The molecule has 0 saturated carbocycles. The van der Waals surface area contributed by atoms with Crippen LogP contribution in [0.3, 0.4) is 0 Å². The van der Waals surface area contributed by atoms with Crippen molar-refractivity contribution in [3.63, 3.8) is 0 Å². The second kappa shape index (κ2) is 10.1. The molecule has 2 aliphatic rings. The Hall–Kier alpha value is -3.07. The molecule has 2 aliphatic heterocycles. The fourth-order valence-electron chi connectivity index (χ4n) is 6.68. The van der Waals surface area contributed by atoms with Crippen LogP contribution < -0.4 is 10.2 Å². The number of tetrazole rings is 1. The lowest BCUT2D eigenvalue weighted by Gasteiger charge is -2.40. The van der Waals surface area contributed by atoms with Crippen LogP contribution in [0.2, 0.25) is 10.0 Å². The van der Waals surface area contributed by atoms with Gasteiger partial charge in [-0.3, -0.25) is 0 Å². The van der Waals surface area contributed by atoms with Gasteiger partial charge in [0.15, 0.2) is 0 Å². The molecule has 0 amide bonds. The van der Waals surface area contributed by atoms with Gasteiger partial charge in [0.2, 0.25) is 5.82 Å². The highest BCUT2D eigenvalue weighted by molar-refractivity contribution is 6.31. The van der Waals surface area contributed by atoms with Gasteiger partial charge in [-0.15, -0.1) is 10.2 Å². The number of hydrogen-bond acceptors (Lipinski definition) is 5. The highest BCUT2D eigenvalue weighted by Crippen LogP contribution is 2.56. The minimum Gasteiger partial charge on any atom is -0.366 e. The lowest BCUT2D eigenvalue weighted by Crippen LogP contribution is -2.48. The number of aromatic nitrogens is 4. The zero-order valence-electron chi connectivity index (χ0n) is 22.5. The second-order valence-corrected chi connectivity index (χ2v) is 12.9. The molecule has 6 nitrogen and oxygen atoms in total. The number of fused-ring (bicyclic) bond motifs is 2. The van der Waals surface area contributed by atoms with Crippen LogP contribution in [0.4, 0.5) is 14.5 Å². The summed E-state index contributed by atoms with van der Waals surface area (Å²) in [6.45, 7) is 8.44. The predicted molar refractivity (Wildman–Crippen MR) is 154 cm³/mol. The van der Waals surface area contributed by atoms with Crippen LogP contribution in [0.1, 0.15) is 49.8 Å². The molecule has 3 atom stereocenters. The number of nitrogens with zero attached hydrogens (tertiary/aromatic N) is 4. The van der Waals surface area contributed by atoms with Gasteiger partial charge in [-0.1, -0.05) is 62.2 Å². The SMILES string of the molecule is CC(C)(C)C[C@@H]1NC[C@H](c2ccccc2Cl)[C@]12CN(Cc1cc(F)c(-c3nn[nH]n3)c(F)c1)c1ccc(Cl)cc12.